The van der Waals surface area contributed by atoms with Crippen molar-refractivity contribution in [3.8, 4) is 0 Å². The molecule has 2 aromatic heterocycles. The summed E-state index contributed by atoms with van der Waals surface area (Å²) in [6, 6.07) is 22.2. The van der Waals surface area contributed by atoms with Crippen LogP contribution in [0.2, 0.25) is 0 Å². The number of hydrogen-bond donors (Lipinski definition) is 2. The van der Waals surface area contributed by atoms with Crippen LogP contribution in [0.4, 0.5) is 5.69 Å². The summed E-state index contributed by atoms with van der Waals surface area (Å²) in [5, 5.41) is 7.46. The molecule has 0 atom stereocenters. The normalized spacial score (nSPS) is 11.2. The Morgan fingerprint density at radius 2 is 1.30 bits per heavy atom. The van der Waals surface area contributed by atoms with Crippen LogP contribution in [-0.4, -0.2) is 26.0 Å². The van der Waals surface area contributed by atoms with Gasteiger partial charge in [-0.15, -0.1) is 0 Å². The molecule has 0 aliphatic carbocycles. The number of nitrogens with one attached hydrogen (secondary N) is 2. The number of benzene rings is 3. The lowest BCUT2D eigenvalue weighted by atomic mass is 10.1. The zero-order valence-corrected chi connectivity index (χ0v) is 20.5. The van der Waals surface area contributed by atoms with Crippen LogP contribution in [-0.2, 0) is 29.2 Å². The van der Waals surface area contributed by atoms with Crippen LogP contribution < -0.4 is 10.6 Å². The van der Waals surface area contributed by atoms with Crippen LogP contribution in [0.3, 0.4) is 0 Å². The summed E-state index contributed by atoms with van der Waals surface area (Å²) >= 11 is 0. The molecule has 2 amide bonds. The van der Waals surface area contributed by atoms with Gasteiger partial charge in [0.2, 0.25) is 0 Å². The molecule has 8 nitrogen and oxygen atoms in total. The van der Waals surface area contributed by atoms with Gasteiger partial charge in [0.05, 0.1) is 13.2 Å². The van der Waals surface area contributed by atoms with Crippen LogP contribution in [0, 0.1) is 0 Å². The molecule has 0 bridgehead atoms. The predicted molar refractivity (Wildman–Crippen MR) is 139 cm³/mol. The van der Waals surface area contributed by atoms with Crippen molar-refractivity contribution in [1.29, 1.82) is 0 Å². The second-order valence-corrected chi connectivity index (χ2v) is 8.52. The lowest BCUT2D eigenvalue weighted by Crippen LogP contribution is -2.23. The van der Waals surface area contributed by atoms with E-state index in [2.05, 4.69) is 10.6 Å². The van der Waals surface area contributed by atoms with E-state index in [9.17, 15) is 9.59 Å². The minimum atomic E-state index is -0.379. The second-order valence-electron chi connectivity index (χ2n) is 8.52. The molecule has 0 spiro atoms. The van der Waals surface area contributed by atoms with Crippen molar-refractivity contribution >= 4 is 39.4 Å². The van der Waals surface area contributed by atoms with Gasteiger partial charge in [-0.05, 0) is 29.8 Å². The summed E-state index contributed by atoms with van der Waals surface area (Å²) in [6.07, 6.45) is 0. The van der Waals surface area contributed by atoms with Gasteiger partial charge in [-0.1, -0.05) is 48.5 Å². The standard InChI is InChI=1S/C29H26N2O6/c1-34-16-22-20-10-3-5-12-24(20)36-26(22)28(32)30-15-18-8-7-9-19(14-18)31-29(33)27-23(17-35-2)21-11-4-6-13-25(21)37-27/h3-14H,15-17H2,1-2H3,(H,30,32)(H,31,33). The summed E-state index contributed by atoms with van der Waals surface area (Å²) in [4.78, 5) is 26.0. The van der Waals surface area contributed by atoms with Gasteiger partial charge in [0.1, 0.15) is 11.2 Å². The van der Waals surface area contributed by atoms with Crippen molar-refractivity contribution in [2.45, 2.75) is 19.8 Å². The van der Waals surface area contributed by atoms with Gasteiger partial charge in [-0.25, -0.2) is 0 Å². The Labute approximate surface area is 213 Å². The van der Waals surface area contributed by atoms with E-state index in [0.717, 1.165) is 16.3 Å². The molecule has 0 unspecified atom stereocenters. The van der Waals surface area contributed by atoms with Crippen molar-refractivity contribution in [2.75, 3.05) is 19.5 Å². The van der Waals surface area contributed by atoms with Gasteiger partial charge < -0.3 is 28.9 Å². The smallest absolute Gasteiger partial charge is 0.291 e. The first kappa shape index (κ1) is 24.3. The molecule has 0 fully saturated rings. The maximum Gasteiger partial charge on any atom is 0.291 e. The number of anilines is 1. The highest BCUT2D eigenvalue weighted by atomic mass is 16.5. The molecule has 0 saturated carbocycles. The first-order chi connectivity index (χ1) is 18.1. The van der Waals surface area contributed by atoms with Crippen LogP contribution in [0.1, 0.15) is 37.8 Å². The largest absolute Gasteiger partial charge is 0.451 e. The Hall–Kier alpha value is -4.40. The van der Waals surface area contributed by atoms with Gasteiger partial charge in [0.25, 0.3) is 11.8 Å². The van der Waals surface area contributed by atoms with Crippen molar-refractivity contribution in [1.82, 2.24) is 5.32 Å². The van der Waals surface area contributed by atoms with Crippen molar-refractivity contribution in [2.24, 2.45) is 0 Å². The number of amides is 2. The van der Waals surface area contributed by atoms with E-state index in [0.29, 0.717) is 28.0 Å². The molecule has 0 aliphatic heterocycles. The number of methoxy groups -OCH3 is 2. The van der Waals surface area contributed by atoms with E-state index >= 15 is 0 Å². The zero-order valence-electron chi connectivity index (χ0n) is 20.5. The highest BCUT2D eigenvalue weighted by Gasteiger charge is 2.22. The highest BCUT2D eigenvalue weighted by molar-refractivity contribution is 6.06. The Balaban J connectivity index is 1.31. The molecule has 2 N–H and O–H groups in total. The first-order valence-electron chi connectivity index (χ1n) is 11.8. The molecule has 5 aromatic rings. The van der Waals surface area contributed by atoms with E-state index < -0.39 is 0 Å². The third-order valence-electron chi connectivity index (χ3n) is 6.02. The van der Waals surface area contributed by atoms with Gasteiger partial charge in [-0.3, -0.25) is 9.59 Å². The van der Waals surface area contributed by atoms with Crippen LogP contribution >= 0.6 is 0 Å². The van der Waals surface area contributed by atoms with Crippen LogP contribution in [0.25, 0.3) is 21.9 Å². The minimum absolute atomic E-state index is 0.206. The van der Waals surface area contributed by atoms with Crippen LogP contribution in [0.15, 0.2) is 81.6 Å². The number of fused-ring (bicyclic) bond motifs is 2. The maximum atomic E-state index is 13.1. The molecule has 37 heavy (non-hydrogen) atoms. The first-order valence-corrected chi connectivity index (χ1v) is 11.8. The average Bonchev–Trinajstić information content (AvgIpc) is 3.47. The average molecular weight is 499 g/mol. The monoisotopic (exact) mass is 498 g/mol. The summed E-state index contributed by atoms with van der Waals surface area (Å²) in [5.74, 6) is -0.291. The fourth-order valence-corrected chi connectivity index (χ4v) is 4.35. The Morgan fingerprint density at radius 3 is 1.89 bits per heavy atom. The number of hydrogen-bond acceptors (Lipinski definition) is 6. The molecule has 5 rings (SSSR count). The molecule has 8 heteroatoms. The molecule has 0 aliphatic rings. The van der Waals surface area contributed by atoms with Gasteiger partial charge >= 0.3 is 0 Å². The van der Waals surface area contributed by atoms with Crippen molar-refractivity contribution < 1.29 is 27.9 Å². The number of ether oxygens (including phenoxy) is 2. The Bertz CT molecular complexity index is 1580. The van der Waals surface area contributed by atoms with E-state index in [1.807, 2.05) is 60.7 Å². The molecule has 3 aromatic carbocycles. The molecule has 0 radical (unpaired) electrons. The molecule has 2 heterocycles. The van der Waals surface area contributed by atoms with E-state index in [1.54, 1.807) is 26.4 Å². The Kier molecular flexibility index (Phi) is 7.02. The van der Waals surface area contributed by atoms with Gasteiger partial charge in [0, 0.05) is 48.4 Å². The molecular weight excluding hydrogens is 472 g/mol. The third-order valence-corrected chi connectivity index (χ3v) is 6.02. The Morgan fingerprint density at radius 1 is 0.730 bits per heavy atom. The quantitative estimate of drug-likeness (QED) is 0.272. The number of rotatable bonds is 9. The van der Waals surface area contributed by atoms with E-state index in [4.69, 9.17) is 18.3 Å². The third kappa shape index (κ3) is 4.97. The SMILES string of the molecule is COCc1c(C(=O)NCc2cccc(NC(=O)c3oc4ccccc4c3COC)c2)oc2ccccc12. The summed E-state index contributed by atoms with van der Waals surface area (Å²) in [5.41, 5.74) is 4.02. The predicted octanol–water partition coefficient (Wildman–Crippen LogP) is 5.65. The molecular formula is C29H26N2O6. The molecule has 188 valence electrons. The van der Waals surface area contributed by atoms with E-state index in [1.165, 1.54) is 0 Å². The summed E-state index contributed by atoms with van der Waals surface area (Å²) in [6.45, 7) is 0.748. The molecule has 0 saturated heterocycles. The lowest BCUT2D eigenvalue weighted by Gasteiger charge is -2.09. The number of para-hydroxylation sites is 2. The lowest BCUT2D eigenvalue weighted by molar-refractivity contribution is 0.0918. The topological polar surface area (TPSA) is 103 Å². The van der Waals surface area contributed by atoms with Gasteiger partial charge in [-0.2, -0.15) is 0 Å². The van der Waals surface area contributed by atoms with Gasteiger partial charge in [0.15, 0.2) is 11.5 Å². The highest BCUT2D eigenvalue weighted by Crippen LogP contribution is 2.28. The van der Waals surface area contributed by atoms with Crippen molar-refractivity contribution in [3.05, 3.63) is 101 Å². The van der Waals surface area contributed by atoms with Crippen molar-refractivity contribution in [3.63, 3.8) is 0 Å². The summed E-state index contributed by atoms with van der Waals surface area (Å²) < 4.78 is 22.2. The number of carbonyl (C=O) groups is 2. The van der Waals surface area contributed by atoms with Crippen LogP contribution in [0.5, 0.6) is 0 Å². The second kappa shape index (κ2) is 10.7. The fourth-order valence-electron chi connectivity index (χ4n) is 4.35. The van der Waals surface area contributed by atoms with E-state index in [-0.39, 0.29) is 43.1 Å². The fraction of sp³-hybridized carbons (Fsp3) is 0.172. The minimum Gasteiger partial charge on any atom is -0.451 e. The summed E-state index contributed by atoms with van der Waals surface area (Å²) in [7, 11) is 3.15. The zero-order chi connectivity index (χ0) is 25.8. The number of carbonyl (C=O) groups excluding carboxylic acids is 2. The number of furan rings is 2. The maximum absolute atomic E-state index is 13.1.